The molecule has 0 atom stereocenters. The molecule has 0 aliphatic carbocycles. The van der Waals surface area contributed by atoms with Crippen LogP contribution in [0.5, 0.6) is 0 Å². The first-order valence-corrected chi connectivity index (χ1v) is 9.86. The molecule has 3 rings (SSSR count). The van der Waals surface area contributed by atoms with Crippen LogP contribution >= 0.6 is 0 Å². The predicted octanol–water partition coefficient (Wildman–Crippen LogP) is 5.31. The molecule has 3 aromatic rings. The third-order valence-electron chi connectivity index (χ3n) is 4.90. The highest BCUT2D eigenvalue weighted by Gasteiger charge is 2.17. The van der Waals surface area contributed by atoms with Crippen molar-refractivity contribution in [3.8, 4) is 0 Å². The van der Waals surface area contributed by atoms with Crippen LogP contribution in [0.2, 0.25) is 0 Å². The van der Waals surface area contributed by atoms with Gasteiger partial charge in [-0.15, -0.1) is 0 Å². The minimum absolute atomic E-state index is 0.510. The Morgan fingerprint density at radius 3 is 2.46 bits per heavy atom. The molecule has 0 saturated carbocycles. The van der Waals surface area contributed by atoms with E-state index in [2.05, 4.69) is 41.6 Å². The fourth-order valence-electron chi connectivity index (χ4n) is 3.47. The number of hydrogen-bond donors (Lipinski definition) is 1. The van der Waals surface area contributed by atoms with E-state index in [0.717, 1.165) is 53.6 Å². The van der Waals surface area contributed by atoms with E-state index in [9.17, 15) is 9.90 Å². The van der Waals surface area contributed by atoms with E-state index < -0.39 is 6.09 Å². The monoisotopic (exact) mass is 380 g/mol. The van der Waals surface area contributed by atoms with Crippen molar-refractivity contribution in [1.29, 1.82) is 0 Å². The van der Waals surface area contributed by atoms with E-state index in [1.807, 2.05) is 30.3 Å². The maximum absolute atomic E-state index is 11.7. The van der Waals surface area contributed by atoms with Crippen LogP contribution < -0.4 is 9.91 Å². The number of nitrogens with zero attached hydrogens (tertiary/aromatic N) is 4. The third kappa shape index (κ3) is 3.96. The maximum atomic E-state index is 11.7. The number of benzene rings is 1. The fraction of sp³-hybridized carbons (Fsp3) is 0.364. The van der Waals surface area contributed by atoms with Crippen molar-refractivity contribution in [2.24, 2.45) is 0 Å². The molecule has 148 valence electrons. The van der Waals surface area contributed by atoms with Crippen molar-refractivity contribution in [2.45, 2.75) is 40.0 Å². The van der Waals surface area contributed by atoms with E-state index in [-0.39, 0.29) is 0 Å². The minimum Gasteiger partial charge on any atom is -0.465 e. The molecule has 1 N–H and O–H groups in total. The number of anilines is 2. The zero-order chi connectivity index (χ0) is 20.1. The number of unbranched alkanes of at least 4 members (excludes halogenated alkanes) is 1. The van der Waals surface area contributed by atoms with E-state index in [1.165, 1.54) is 4.90 Å². The predicted molar refractivity (Wildman–Crippen MR) is 114 cm³/mol. The molecule has 1 aromatic carbocycles. The van der Waals surface area contributed by atoms with Gasteiger partial charge in [-0.05, 0) is 55.7 Å². The second-order valence-electron chi connectivity index (χ2n) is 6.97. The van der Waals surface area contributed by atoms with Crippen molar-refractivity contribution in [3.05, 3.63) is 54.5 Å². The second kappa shape index (κ2) is 8.78. The van der Waals surface area contributed by atoms with E-state index in [1.54, 1.807) is 12.4 Å². The maximum Gasteiger partial charge on any atom is 0.411 e. The van der Waals surface area contributed by atoms with E-state index in [0.29, 0.717) is 6.54 Å². The number of fused-ring (bicyclic) bond motifs is 1. The first-order chi connectivity index (χ1) is 13.6. The van der Waals surface area contributed by atoms with Crippen molar-refractivity contribution in [2.75, 3.05) is 23.0 Å². The number of rotatable bonds is 8. The first kappa shape index (κ1) is 19.7. The van der Waals surface area contributed by atoms with Gasteiger partial charge in [0.25, 0.3) is 0 Å². The average Bonchev–Trinajstić information content (AvgIpc) is 3.03. The highest BCUT2D eigenvalue weighted by molar-refractivity contribution is 5.93. The molecule has 0 aliphatic heterocycles. The quantitative estimate of drug-likeness (QED) is 0.575. The molecule has 6 nitrogen and oxygen atoms in total. The number of carbonyl (C=O) groups is 1. The lowest BCUT2D eigenvalue weighted by molar-refractivity contribution is 0.201. The SMILES string of the molecule is CCCCN(C(=O)O)c1ccc2c(c1)c(C)cn2N(CCC)c1ccncc1. The fourth-order valence-corrected chi connectivity index (χ4v) is 3.47. The number of carboxylic acid groups (broad SMARTS) is 1. The minimum atomic E-state index is -0.908. The Hall–Kier alpha value is -3.02. The molecule has 0 fully saturated rings. The standard InChI is InChI=1S/C22H28N4O2/c1-4-6-14-24(22(27)28)19-7-8-21-20(15-19)17(3)16-26(21)25(13-5-2)18-9-11-23-12-10-18/h7-12,15-16H,4-6,13-14H2,1-3H3,(H,27,28). The zero-order valence-corrected chi connectivity index (χ0v) is 16.8. The highest BCUT2D eigenvalue weighted by Crippen LogP contribution is 2.29. The molecule has 1 amide bonds. The van der Waals surface area contributed by atoms with Crippen molar-refractivity contribution in [3.63, 3.8) is 0 Å². The number of aryl methyl sites for hydroxylation is 1. The summed E-state index contributed by atoms with van der Waals surface area (Å²) >= 11 is 0. The summed E-state index contributed by atoms with van der Waals surface area (Å²) in [4.78, 5) is 17.3. The van der Waals surface area contributed by atoms with Crippen molar-refractivity contribution < 1.29 is 9.90 Å². The molecular formula is C22H28N4O2. The molecule has 0 saturated heterocycles. The van der Waals surface area contributed by atoms with Gasteiger partial charge in [-0.25, -0.2) is 4.79 Å². The van der Waals surface area contributed by atoms with Gasteiger partial charge in [0, 0.05) is 42.8 Å². The Balaban J connectivity index is 2.05. The Morgan fingerprint density at radius 2 is 1.82 bits per heavy atom. The molecule has 28 heavy (non-hydrogen) atoms. The van der Waals surface area contributed by atoms with Crippen molar-refractivity contribution in [1.82, 2.24) is 9.66 Å². The highest BCUT2D eigenvalue weighted by atomic mass is 16.4. The van der Waals surface area contributed by atoms with Crippen LogP contribution in [0.3, 0.4) is 0 Å². The number of aromatic nitrogens is 2. The Morgan fingerprint density at radius 1 is 1.07 bits per heavy atom. The van der Waals surface area contributed by atoms with Crippen molar-refractivity contribution >= 4 is 28.4 Å². The normalized spacial score (nSPS) is 11.0. The van der Waals surface area contributed by atoms with Gasteiger partial charge in [0.2, 0.25) is 0 Å². The Kier molecular flexibility index (Phi) is 6.19. The molecular weight excluding hydrogens is 352 g/mol. The Bertz CT molecular complexity index is 936. The molecule has 6 heteroatoms. The molecule has 0 radical (unpaired) electrons. The van der Waals surface area contributed by atoms with Gasteiger partial charge < -0.3 is 5.11 Å². The van der Waals surface area contributed by atoms with Gasteiger partial charge >= 0.3 is 6.09 Å². The van der Waals surface area contributed by atoms with Gasteiger partial charge in [-0.1, -0.05) is 20.3 Å². The van der Waals surface area contributed by atoms with Gasteiger partial charge in [0.05, 0.1) is 11.2 Å². The van der Waals surface area contributed by atoms with Gasteiger partial charge in [-0.3, -0.25) is 19.6 Å². The lowest BCUT2D eigenvalue weighted by Gasteiger charge is -2.26. The summed E-state index contributed by atoms with van der Waals surface area (Å²) in [7, 11) is 0. The average molecular weight is 380 g/mol. The van der Waals surface area contributed by atoms with Gasteiger partial charge in [0.15, 0.2) is 0 Å². The topological polar surface area (TPSA) is 61.6 Å². The number of pyridine rings is 1. The lowest BCUT2D eigenvalue weighted by atomic mass is 10.1. The summed E-state index contributed by atoms with van der Waals surface area (Å²) in [6.45, 7) is 7.66. The smallest absolute Gasteiger partial charge is 0.411 e. The second-order valence-corrected chi connectivity index (χ2v) is 6.97. The number of hydrogen-bond acceptors (Lipinski definition) is 3. The van der Waals surface area contributed by atoms with Crippen LogP contribution in [0, 0.1) is 6.92 Å². The summed E-state index contributed by atoms with van der Waals surface area (Å²) in [5.41, 5.74) is 3.98. The first-order valence-electron chi connectivity index (χ1n) is 9.86. The van der Waals surface area contributed by atoms with Crippen LogP contribution in [0.1, 0.15) is 38.7 Å². The molecule has 0 bridgehead atoms. The molecule has 2 aromatic heterocycles. The summed E-state index contributed by atoms with van der Waals surface area (Å²) in [6.07, 6.45) is 7.61. The van der Waals surface area contributed by atoms with Gasteiger partial charge in [-0.2, -0.15) is 0 Å². The van der Waals surface area contributed by atoms with Gasteiger partial charge in [0.1, 0.15) is 0 Å². The molecule has 0 aliphatic rings. The summed E-state index contributed by atoms with van der Waals surface area (Å²) in [5, 5.41) is 12.9. The van der Waals surface area contributed by atoms with Crippen LogP contribution in [-0.4, -0.2) is 33.9 Å². The molecule has 0 unspecified atom stereocenters. The largest absolute Gasteiger partial charge is 0.465 e. The molecule has 2 heterocycles. The van der Waals surface area contributed by atoms with Crippen LogP contribution in [-0.2, 0) is 0 Å². The summed E-state index contributed by atoms with van der Waals surface area (Å²) < 4.78 is 2.16. The van der Waals surface area contributed by atoms with Crippen LogP contribution in [0.4, 0.5) is 16.2 Å². The molecule has 0 spiro atoms. The van der Waals surface area contributed by atoms with Crippen LogP contribution in [0.25, 0.3) is 10.9 Å². The van der Waals surface area contributed by atoms with E-state index >= 15 is 0 Å². The summed E-state index contributed by atoms with van der Waals surface area (Å²) in [6, 6.07) is 9.91. The Labute approximate surface area is 166 Å². The summed E-state index contributed by atoms with van der Waals surface area (Å²) in [5.74, 6) is 0. The zero-order valence-electron chi connectivity index (χ0n) is 16.8. The number of amides is 1. The van der Waals surface area contributed by atoms with E-state index in [4.69, 9.17) is 0 Å². The lowest BCUT2D eigenvalue weighted by Crippen LogP contribution is -2.30. The van der Waals surface area contributed by atoms with Crippen LogP contribution in [0.15, 0.2) is 48.9 Å². The third-order valence-corrected chi connectivity index (χ3v) is 4.90.